The van der Waals surface area contributed by atoms with Gasteiger partial charge in [-0.15, -0.1) is 10.2 Å². The first-order valence-electron chi connectivity index (χ1n) is 10.7. The van der Waals surface area contributed by atoms with Gasteiger partial charge in [-0.3, -0.25) is 14.7 Å². The number of non-ortho nitro benzene ring substituents is 1. The Bertz CT molecular complexity index is 1410. The number of hydrogen-bond acceptors (Lipinski definition) is 6. The first-order valence-corrected chi connectivity index (χ1v) is 12.4. The molecule has 0 radical (unpaired) electrons. The number of amides is 2. The molecule has 0 fully saturated rings. The Balaban J connectivity index is 1.53. The van der Waals surface area contributed by atoms with Gasteiger partial charge in [-0.05, 0) is 48.4 Å². The molecule has 0 aliphatic carbocycles. The summed E-state index contributed by atoms with van der Waals surface area (Å²) in [6.07, 6.45) is 0. The van der Waals surface area contributed by atoms with Crippen LogP contribution in [0.3, 0.4) is 0 Å². The second-order valence-corrected chi connectivity index (χ2v) is 9.44. The van der Waals surface area contributed by atoms with E-state index in [1.807, 2.05) is 12.1 Å². The van der Waals surface area contributed by atoms with Gasteiger partial charge in [0.2, 0.25) is 0 Å². The fraction of sp³-hybridized carbons (Fsp3) is 0.125. The molecule has 1 aromatic heterocycles. The lowest BCUT2D eigenvalue weighted by atomic mass is 10.1. The summed E-state index contributed by atoms with van der Waals surface area (Å²) < 4.78 is 1.79. The SMILES string of the molecule is Cc1ccccc1CSc1nnc(CNC(=O)Nc2ccc([N+](=O)[O-])cc2)n1-c1ccc(Cl)cc1Cl. The number of urea groups is 1. The molecular weight excluding hydrogens is 523 g/mol. The van der Waals surface area contributed by atoms with E-state index in [2.05, 4.69) is 39.9 Å². The molecule has 0 aliphatic heterocycles. The highest BCUT2D eigenvalue weighted by atomic mass is 35.5. The summed E-state index contributed by atoms with van der Waals surface area (Å²) in [5.41, 5.74) is 3.32. The van der Waals surface area contributed by atoms with Gasteiger partial charge in [0.15, 0.2) is 11.0 Å². The van der Waals surface area contributed by atoms with Crippen molar-refractivity contribution < 1.29 is 9.72 Å². The molecule has 1 heterocycles. The van der Waals surface area contributed by atoms with Crippen LogP contribution in [0.25, 0.3) is 5.69 Å². The highest BCUT2D eigenvalue weighted by Gasteiger charge is 2.18. The van der Waals surface area contributed by atoms with Crippen molar-refractivity contribution in [2.75, 3.05) is 5.32 Å². The standard InChI is InChI=1S/C24H20Cl2N6O3S/c1-15-4-2-3-5-16(15)14-36-24-30-29-22(31(24)21-11-6-17(25)12-20(21)26)13-27-23(33)28-18-7-9-19(10-8-18)32(34)35/h2-12H,13-14H2,1H3,(H2,27,28,33). The number of carbonyl (C=O) groups is 1. The highest BCUT2D eigenvalue weighted by Crippen LogP contribution is 2.31. The molecule has 12 heteroatoms. The van der Waals surface area contributed by atoms with Crippen molar-refractivity contribution in [2.45, 2.75) is 24.4 Å². The normalized spacial score (nSPS) is 10.8. The number of thioether (sulfide) groups is 1. The molecule has 2 N–H and O–H groups in total. The molecule has 0 saturated carbocycles. The topological polar surface area (TPSA) is 115 Å². The Morgan fingerprint density at radius 1 is 1.08 bits per heavy atom. The van der Waals surface area contributed by atoms with Crippen LogP contribution in [-0.4, -0.2) is 25.7 Å². The molecule has 9 nitrogen and oxygen atoms in total. The van der Waals surface area contributed by atoms with E-state index in [0.717, 1.165) is 0 Å². The minimum atomic E-state index is -0.507. The predicted octanol–water partition coefficient (Wildman–Crippen LogP) is 6.40. The van der Waals surface area contributed by atoms with Crippen LogP contribution in [0.4, 0.5) is 16.2 Å². The van der Waals surface area contributed by atoms with Crippen LogP contribution in [0.1, 0.15) is 17.0 Å². The summed E-state index contributed by atoms with van der Waals surface area (Å²) in [4.78, 5) is 22.8. The average molecular weight is 543 g/mol. The lowest BCUT2D eigenvalue weighted by molar-refractivity contribution is -0.384. The van der Waals surface area contributed by atoms with Crippen molar-refractivity contribution in [3.8, 4) is 5.69 Å². The Morgan fingerprint density at radius 3 is 2.53 bits per heavy atom. The van der Waals surface area contributed by atoms with E-state index >= 15 is 0 Å². The molecule has 0 spiro atoms. The van der Waals surface area contributed by atoms with Crippen molar-refractivity contribution in [1.29, 1.82) is 0 Å². The number of benzene rings is 3. The first kappa shape index (κ1) is 25.5. The molecular formula is C24H20Cl2N6O3S. The van der Waals surface area contributed by atoms with Crippen molar-refractivity contribution in [1.82, 2.24) is 20.1 Å². The van der Waals surface area contributed by atoms with Gasteiger partial charge >= 0.3 is 6.03 Å². The van der Waals surface area contributed by atoms with E-state index in [4.69, 9.17) is 23.2 Å². The second-order valence-electron chi connectivity index (χ2n) is 7.66. The first-order chi connectivity index (χ1) is 17.3. The molecule has 4 aromatic rings. The van der Waals surface area contributed by atoms with Gasteiger partial charge in [0.25, 0.3) is 5.69 Å². The summed E-state index contributed by atoms with van der Waals surface area (Å²) in [6.45, 7) is 2.10. The molecule has 4 rings (SSSR count). The van der Waals surface area contributed by atoms with E-state index in [1.165, 1.54) is 47.2 Å². The molecule has 0 aliphatic rings. The third kappa shape index (κ3) is 6.14. The quantitative estimate of drug-likeness (QED) is 0.151. The smallest absolute Gasteiger partial charge is 0.319 e. The van der Waals surface area contributed by atoms with Crippen LogP contribution in [-0.2, 0) is 12.3 Å². The van der Waals surface area contributed by atoms with E-state index in [-0.39, 0.29) is 12.2 Å². The summed E-state index contributed by atoms with van der Waals surface area (Å²) >= 11 is 14.1. The number of aryl methyl sites for hydroxylation is 1. The van der Waals surface area contributed by atoms with Crippen molar-refractivity contribution in [2.24, 2.45) is 0 Å². The molecule has 0 bridgehead atoms. The van der Waals surface area contributed by atoms with Crippen molar-refractivity contribution in [3.05, 3.63) is 104 Å². The fourth-order valence-electron chi connectivity index (χ4n) is 3.33. The molecule has 184 valence electrons. The van der Waals surface area contributed by atoms with Crippen molar-refractivity contribution >= 4 is 52.4 Å². The lowest BCUT2D eigenvalue weighted by Crippen LogP contribution is -2.29. The lowest BCUT2D eigenvalue weighted by Gasteiger charge is -2.13. The maximum Gasteiger partial charge on any atom is 0.319 e. The van der Waals surface area contributed by atoms with E-state index < -0.39 is 11.0 Å². The van der Waals surface area contributed by atoms with Crippen LogP contribution in [0.2, 0.25) is 10.0 Å². The van der Waals surface area contributed by atoms with Crippen molar-refractivity contribution in [3.63, 3.8) is 0 Å². The molecule has 2 amide bonds. The van der Waals surface area contributed by atoms with Gasteiger partial charge in [0.05, 0.1) is 22.2 Å². The summed E-state index contributed by atoms with van der Waals surface area (Å²) in [5.74, 6) is 1.13. The number of hydrogen-bond donors (Lipinski definition) is 2. The number of carbonyl (C=O) groups excluding carboxylic acids is 1. The van der Waals surface area contributed by atoms with Gasteiger partial charge in [0.1, 0.15) is 0 Å². The number of halogens is 2. The van der Waals surface area contributed by atoms with Crippen LogP contribution in [0.15, 0.2) is 71.9 Å². The molecule has 0 saturated heterocycles. The van der Waals surface area contributed by atoms with Gasteiger partial charge in [-0.1, -0.05) is 59.2 Å². The molecule has 36 heavy (non-hydrogen) atoms. The Kier molecular flexibility index (Phi) is 8.09. The summed E-state index contributed by atoms with van der Waals surface area (Å²) in [6, 6.07) is 18.2. The average Bonchev–Trinajstić information content (AvgIpc) is 3.25. The molecule has 3 aromatic carbocycles. The number of nitro benzene ring substituents is 1. The number of rotatable bonds is 8. The Hall–Kier alpha value is -3.60. The minimum Gasteiger partial charge on any atom is -0.331 e. The second kappa shape index (κ2) is 11.4. The van der Waals surface area contributed by atoms with Crippen LogP contribution < -0.4 is 10.6 Å². The summed E-state index contributed by atoms with van der Waals surface area (Å²) in [5, 5.41) is 26.3. The third-order valence-electron chi connectivity index (χ3n) is 5.21. The Morgan fingerprint density at radius 2 is 1.83 bits per heavy atom. The number of aromatic nitrogens is 3. The van der Waals surface area contributed by atoms with Gasteiger partial charge in [0, 0.05) is 28.6 Å². The zero-order chi connectivity index (χ0) is 25.7. The van der Waals surface area contributed by atoms with Crippen LogP contribution >= 0.6 is 35.0 Å². The summed E-state index contributed by atoms with van der Waals surface area (Å²) in [7, 11) is 0. The maximum atomic E-state index is 12.5. The van der Waals surface area contributed by atoms with Crippen LogP contribution in [0, 0.1) is 17.0 Å². The fourth-order valence-corrected chi connectivity index (χ4v) is 4.86. The third-order valence-corrected chi connectivity index (χ3v) is 6.73. The monoisotopic (exact) mass is 542 g/mol. The zero-order valence-electron chi connectivity index (χ0n) is 18.9. The van der Waals surface area contributed by atoms with Gasteiger partial charge < -0.3 is 10.6 Å². The van der Waals surface area contributed by atoms with E-state index in [0.29, 0.717) is 38.2 Å². The largest absolute Gasteiger partial charge is 0.331 e. The molecule has 0 atom stereocenters. The maximum absolute atomic E-state index is 12.5. The van der Waals surface area contributed by atoms with E-state index in [1.54, 1.807) is 22.8 Å². The number of anilines is 1. The number of nitrogens with zero attached hydrogens (tertiary/aromatic N) is 4. The predicted molar refractivity (Wildman–Crippen MR) is 141 cm³/mol. The van der Waals surface area contributed by atoms with Crippen LogP contribution in [0.5, 0.6) is 0 Å². The highest BCUT2D eigenvalue weighted by molar-refractivity contribution is 7.98. The minimum absolute atomic E-state index is 0.0513. The zero-order valence-corrected chi connectivity index (χ0v) is 21.3. The van der Waals surface area contributed by atoms with Gasteiger partial charge in [-0.25, -0.2) is 4.79 Å². The van der Waals surface area contributed by atoms with E-state index in [9.17, 15) is 14.9 Å². The Labute approximate surface area is 221 Å². The number of nitro groups is 1. The molecule has 0 unspecified atom stereocenters. The van der Waals surface area contributed by atoms with Gasteiger partial charge in [-0.2, -0.15) is 0 Å². The number of nitrogens with one attached hydrogen (secondary N) is 2.